The number of rotatable bonds is 3. The zero-order valence-corrected chi connectivity index (χ0v) is 12.7. The predicted octanol–water partition coefficient (Wildman–Crippen LogP) is 2.70. The highest BCUT2D eigenvalue weighted by Gasteiger charge is 2.35. The number of aliphatic hydroxyl groups excluding tert-OH is 1. The van der Waals surface area contributed by atoms with Crippen LogP contribution in [0.5, 0.6) is 0 Å². The fourth-order valence-electron chi connectivity index (χ4n) is 3.17. The molecular weight excluding hydrogens is 288 g/mol. The van der Waals surface area contributed by atoms with Crippen molar-refractivity contribution in [2.45, 2.75) is 24.9 Å². The van der Waals surface area contributed by atoms with Crippen molar-refractivity contribution in [3.8, 4) is 6.07 Å². The summed E-state index contributed by atoms with van der Waals surface area (Å²) in [5.74, 6) is -0.187. The molecule has 0 radical (unpaired) electrons. The zero-order valence-electron chi connectivity index (χ0n) is 12.7. The average molecular weight is 306 g/mol. The molecule has 0 saturated carbocycles. The van der Waals surface area contributed by atoms with Crippen LogP contribution in [0.2, 0.25) is 0 Å². The normalized spacial score (nSPS) is 18.7. The van der Waals surface area contributed by atoms with Gasteiger partial charge in [-0.15, -0.1) is 0 Å². The maximum Gasteiger partial charge on any atom is 0.255 e. The molecule has 1 aliphatic rings. The van der Waals surface area contributed by atoms with Crippen molar-refractivity contribution < 1.29 is 9.90 Å². The summed E-state index contributed by atoms with van der Waals surface area (Å²) in [5, 5.41) is 19.4. The van der Waals surface area contributed by atoms with Gasteiger partial charge in [0.15, 0.2) is 0 Å². The van der Waals surface area contributed by atoms with Crippen LogP contribution in [0.15, 0.2) is 54.6 Å². The van der Waals surface area contributed by atoms with Gasteiger partial charge in [-0.25, -0.2) is 0 Å². The topological polar surface area (TPSA) is 64.3 Å². The van der Waals surface area contributed by atoms with Gasteiger partial charge in [0.25, 0.3) is 5.91 Å². The standard InChI is InChI=1S/C19H18N2O2/c20-12-16-11-10-14-6-4-5-9-17(14)19(23)21(16)18(13-22)15-7-2-1-3-8-15/h1-9,16,18,22H,10-11,13H2/t16-,18-/m0/s1. The highest BCUT2D eigenvalue weighted by molar-refractivity contribution is 5.96. The number of hydrogen-bond donors (Lipinski definition) is 1. The number of aliphatic hydroxyl groups is 1. The Morgan fingerprint density at radius 1 is 1.17 bits per heavy atom. The van der Waals surface area contributed by atoms with Crippen LogP contribution in [0.3, 0.4) is 0 Å². The Balaban J connectivity index is 2.07. The molecule has 0 aromatic heterocycles. The number of nitriles is 1. The lowest BCUT2D eigenvalue weighted by Gasteiger charge is -2.33. The van der Waals surface area contributed by atoms with E-state index < -0.39 is 12.1 Å². The molecular formula is C19H18N2O2. The summed E-state index contributed by atoms with van der Waals surface area (Å²) in [6.07, 6.45) is 1.26. The minimum atomic E-state index is -0.549. The Kier molecular flexibility index (Phi) is 4.40. The number of nitrogens with zero attached hydrogens (tertiary/aromatic N) is 2. The van der Waals surface area contributed by atoms with Crippen molar-refractivity contribution in [3.63, 3.8) is 0 Å². The van der Waals surface area contributed by atoms with Crippen LogP contribution in [0, 0.1) is 11.3 Å². The van der Waals surface area contributed by atoms with E-state index in [9.17, 15) is 15.2 Å². The molecule has 2 aromatic carbocycles. The van der Waals surface area contributed by atoms with Crippen LogP contribution < -0.4 is 0 Å². The molecule has 0 unspecified atom stereocenters. The third-order valence-electron chi connectivity index (χ3n) is 4.35. The second kappa shape index (κ2) is 6.64. The molecule has 0 fully saturated rings. The molecule has 0 bridgehead atoms. The van der Waals surface area contributed by atoms with E-state index in [1.165, 1.54) is 0 Å². The van der Waals surface area contributed by atoms with Crippen LogP contribution in [-0.2, 0) is 6.42 Å². The summed E-state index contributed by atoms with van der Waals surface area (Å²) in [4.78, 5) is 14.6. The summed E-state index contributed by atoms with van der Waals surface area (Å²) in [6, 6.07) is 18.0. The Hall–Kier alpha value is -2.64. The molecule has 116 valence electrons. The summed E-state index contributed by atoms with van der Waals surface area (Å²) in [5.41, 5.74) is 2.42. The van der Waals surface area contributed by atoms with Gasteiger partial charge in [-0.2, -0.15) is 5.26 Å². The molecule has 2 aromatic rings. The van der Waals surface area contributed by atoms with Crippen molar-refractivity contribution in [3.05, 3.63) is 71.3 Å². The van der Waals surface area contributed by atoms with Gasteiger partial charge >= 0.3 is 0 Å². The molecule has 4 heteroatoms. The first kappa shape index (κ1) is 15.3. The van der Waals surface area contributed by atoms with Crippen molar-refractivity contribution in [1.29, 1.82) is 5.26 Å². The lowest BCUT2D eigenvalue weighted by Crippen LogP contribution is -2.42. The second-order valence-electron chi connectivity index (χ2n) is 5.66. The Labute approximate surface area is 135 Å². The van der Waals surface area contributed by atoms with E-state index in [-0.39, 0.29) is 12.5 Å². The molecule has 0 saturated heterocycles. The van der Waals surface area contributed by atoms with Gasteiger partial charge in [0, 0.05) is 5.56 Å². The molecule has 3 rings (SSSR count). The number of hydrogen-bond acceptors (Lipinski definition) is 3. The maximum absolute atomic E-state index is 13.0. The SMILES string of the molecule is N#C[C@@H]1CCc2ccccc2C(=O)N1[C@@H](CO)c1ccccc1. The molecule has 23 heavy (non-hydrogen) atoms. The monoisotopic (exact) mass is 306 g/mol. The largest absolute Gasteiger partial charge is 0.394 e. The third kappa shape index (κ3) is 2.84. The molecule has 4 nitrogen and oxygen atoms in total. The van der Waals surface area contributed by atoms with Crippen molar-refractivity contribution in [1.82, 2.24) is 4.90 Å². The average Bonchev–Trinajstić information content (AvgIpc) is 2.75. The number of aryl methyl sites for hydroxylation is 1. The molecule has 1 heterocycles. The van der Waals surface area contributed by atoms with Crippen LogP contribution in [0.1, 0.15) is 33.9 Å². The number of benzene rings is 2. The fraction of sp³-hybridized carbons (Fsp3) is 0.263. The Morgan fingerprint density at radius 3 is 2.57 bits per heavy atom. The molecule has 2 atom stereocenters. The van der Waals surface area contributed by atoms with Gasteiger partial charge < -0.3 is 10.0 Å². The van der Waals surface area contributed by atoms with Gasteiger partial charge in [-0.1, -0.05) is 48.5 Å². The number of fused-ring (bicyclic) bond motifs is 1. The van der Waals surface area contributed by atoms with E-state index in [1.54, 1.807) is 11.0 Å². The summed E-state index contributed by atoms with van der Waals surface area (Å²) < 4.78 is 0. The molecule has 0 spiro atoms. The van der Waals surface area contributed by atoms with Gasteiger partial charge in [-0.3, -0.25) is 4.79 Å². The summed E-state index contributed by atoms with van der Waals surface area (Å²) in [7, 11) is 0. The highest BCUT2D eigenvalue weighted by atomic mass is 16.3. The van der Waals surface area contributed by atoms with Gasteiger partial charge in [-0.05, 0) is 30.0 Å². The number of amides is 1. The first-order valence-corrected chi connectivity index (χ1v) is 7.72. The van der Waals surface area contributed by atoms with Gasteiger partial charge in [0.1, 0.15) is 6.04 Å². The smallest absolute Gasteiger partial charge is 0.255 e. The molecule has 1 N–H and O–H groups in total. The quantitative estimate of drug-likeness (QED) is 0.948. The van der Waals surface area contributed by atoms with E-state index in [1.807, 2.05) is 48.5 Å². The minimum absolute atomic E-state index is 0.187. The Morgan fingerprint density at radius 2 is 1.87 bits per heavy atom. The van der Waals surface area contributed by atoms with Crippen LogP contribution in [0.25, 0.3) is 0 Å². The van der Waals surface area contributed by atoms with Crippen LogP contribution >= 0.6 is 0 Å². The van der Waals surface area contributed by atoms with Gasteiger partial charge in [0.05, 0.1) is 18.7 Å². The van der Waals surface area contributed by atoms with Crippen LogP contribution in [-0.4, -0.2) is 28.6 Å². The predicted molar refractivity (Wildman–Crippen MR) is 86.6 cm³/mol. The first-order valence-electron chi connectivity index (χ1n) is 7.72. The summed E-state index contributed by atoms with van der Waals surface area (Å²) in [6.45, 7) is -0.212. The van der Waals surface area contributed by atoms with E-state index in [2.05, 4.69) is 6.07 Å². The van der Waals surface area contributed by atoms with Crippen molar-refractivity contribution in [2.75, 3.05) is 6.61 Å². The lowest BCUT2D eigenvalue weighted by atomic mass is 10.0. The Bertz CT molecular complexity index is 737. The van der Waals surface area contributed by atoms with Crippen molar-refractivity contribution in [2.24, 2.45) is 0 Å². The second-order valence-corrected chi connectivity index (χ2v) is 5.66. The third-order valence-corrected chi connectivity index (χ3v) is 4.35. The van der Waals surface area contributed by atoms with Crippen LogP contribution in [0.4, 0.5) is 0 Å². The van der Waals surface area contributed by atoms with E-state index >= 15 is 0 Å². The van der Waals surface area contributed by atoms with E-state index in [4.69, 9.17) is 0 Å². The lowest BCUT2D eigenvalue weighted by molar-refractivity contribution is 0.0527. The fourth-order valence-corrected chi connectivity index (χ4v) is 3.17. The molecule has 1 amide bonds. The van der Waals surface area contributed by atoms with E-state index in [0.717, 1.165) is 11.1 Å². The van der Waals surface area contributed by atoms with Gasteiger partial charge in [0.2, 0.25) is 0 Å². The van der Waals surface area contributed by atoms with E-state index in [0.29, 0.717) is 18.4 Å². The highest BCUT2D eigenvalue weighted by Crippen LogP contribution is 2.30. The molecule has 0 aliphatic carbocycles. The summed E-state index contributed by atoms with van der Waals surface area (Å²) >= 11 is 0. The van der Waals surface area contributed by atoms with Crippen molar-refractivity contribution >= 4 is 5.91 Å². The maximum atomic E-state index is 13.0. The minimum Gasteiger partial charge on any atom is -0.394 e. The number of carbonyl (C=O) groups is 1. The first-order chi connectivity index (χ1) is 11.3. The number of carbonyl (C=O) groups excluding carboxylic acids is 1. The zero-order chi connectivity index (χ0) is 16.2. The molecule has 1 aliphatic heterocycles.